The van der Waals surface area contributed by atoms with E-state index in [0.717, 1.165) is 25.7 Å². The summed E-state index contributed by atoms with van der Waals surface area (Å²) in [5.74, 6) is 0. The molecule has 0 aromatic rings. The highest BCUT2D eigenvalue weighted by Crippen LogP contribution is 1.97. The van der Waals surface area contributed by atoms with Crippen molar-refractivity contribution in [3.05, 3.63) is 12.7 Å². The van der Waals surface area contributed by atoms with Crippen molar-refractivity contribution in [1.29, 1.82) is 0 Å². The van der Waals surface area contributed by atoms with Crippen LogP contribution in [0.25, 0.3) is 0 Å². The molecule has 1 N–H and O–H groups in total. The fourth-order valence-corrected chi connectivity index (χ4v) is 0.582. The molecular formula is C7H13NO. The number of allylic oxidation sites excluding steroid dienone is 1. The summed E-state index contributed by atoms with van der Waals surface area (Å²) in [6.07, 6.45) is 7.55. The number of hydrogen-bond acceptors (Lipinski definition) is 2. The SMILES string of the molecule is C=CCCCC/C=N/O. The molecule has 0 spiro atoms. The predicted molar refractivity (Wildman–Crippen MR) is 38.9 cm³/mol. The quantitative estimate of drug-likeness (QED) is 0.198. The Balaban J connectivity index is 2.82. The third-order valence-corrected chi connectivity index (χ3v) is 1.07. The first-order valence-corrected chi connectivity index (χ1v) is 3.18. The van der Waals surface area contributed by atoms with Gasteiger partial charge in [0.25, 0.3) is 0 Å². The van der Waals surface area contributed by atoms with Crippen LogP contribution in [0.3, 0.4) is 0 Å². The van der Waals surface area contributed by atoms with E-state index in [9.17, 15) is 0 Å². The molecule has 0 fully saturated rings. The summed E-state index contributed by atoms with van der Waals surface area (Å²) in [4.78, 5) is 0. The predicted octanol–water partition coefficient (Wildman–Crippen LogP) is 2.19. The van der Waals surface area contributed by atoms with E-state index in [1.807, 2.05) is 6.08 Å². The van der Waals surface area contributed by atoms with Crippen LogP contribution in [0.5, 0.6) is 0 Å². The normalized spacial score (nSPS) is 10.2. The molecule has 0 amide bonds. The standard InChI is InChI=1S/C7H13NO/c1-2-3-4-5-6-7-8-9/h2,7,9H,1,3-6H2/b8-7+. The second-order valence-corrected chi connectivity index (χ2v) is 1.87. The molecule has 0 saturated heterocycles. The lowest BCUT2D eigenvalue weighted by molar-refractivity contribution is 0.320. The van der Waals surface area contributed by atoms with E-state index in [0.29, 0.717) is 0 Å². The van der Waals surface area contributed by atoms with Gasteiger partial charge < -0.3 is 5.21 Å². The third-order valence-electron chi connectivity index (χ3n) is 1.07. The van der Waals surface area contributed by atoms with E-state index in [4.69, 9.17) is 5.21 Å². The summed E-state index contributed by atoms with van der Waals surface area (Å²) in [5.41, 5.74) is 0. The van der Waals surface area contributed by atoms with E-state index in [-0.39, 0.29) is 0 Å². The molecule has 0 aliphatic rings. The van der Waals surface area contributed by atoms with Crippen molar-refractivity contribution < 1.29 is 5.21 Å². The van der Waals surface area contributed by atoms with Gasteiger partial charge in [-0.1, -0.05) is 6.08 Å². The molecule has 0 aliphatic heterocycles. The van der Waals surface area contributed by atoms with E-state index in [1.54, 1.807) is 0 Å². The van der Waals surface area contributed by atoms with Gasteiger partial charge in [-0.25, -0.2) is 0 Å². The van der Waals surface area contributed by atoms with Gasteiger partial charge in [-0.3, -0.25) is 0 Å². The van der Waals surface area contributed by atoms with E-state index in [2.05, 4.69) is 11.7 Å². The minimum Gasteiger partial charge on any atom is -0.411 e. The lowest BCUT2D eigenvalue weighted by Crippen LogP contribution is -1.76. The van der Waals surface area contributed by atoms with Crippen LogP contribution in [-0.4, -0.2) is 11.4 Å². The molecule has 52 valence electrons. The summed E-state index contributed by atoms with van der Waals surface area (Å²) in [5, 5.41) is 10.9. The molecule has 0 atom stereocenters. The molecule has 2 heteroatoms. The van der Waals surface area contributed by atoms with Crippen LogP contribution in [0.1, 0.15) is 25.7 Å². The maximum absolute atomic E-state index is 7.97. The summed E-state index contributed by atoms with van der Waals surface area (Å²) in [7, 11) is 0. The van der Waals surface area contributed by atoms with Crippen LogP contribution in [0.4, 0.5) is 0 Å². The fraction of sp³-hybridized carbons (Fsp3) is 0.571. The van der Waals surface area contributed by atoms with E-state index >= 15 is 0 Å². The van der Waals surface area contributed by atoms with Crippen LogP contribution in [0.15, 0.2) is 17.8 Å². The maximum Gasteiger partial charge on any atom is 0.0435 e. The van der Waals surface area contributed by atoms with E-state index < -0.39 is 0 Å². The Labute approximate surface area is 55.9 Å². The van der Waals surface area contributed by atoms with Crippen LogP contribution in [0.2, 0.25) is 0 Å². The van der Waals surface area contributed by atoms with Crippen molar-refractivity contribution >= 4 is 6.21 Å². The minimum atomic E-state index is 0.865. The molecule has 0 bridgehead atoms. The van der Waals surface area contributed by atoms with Crippen molar-refractivity contribution in [2.24, 2.45) is 5.16 Å². The van der Waals surface area contributed by atoms with Gasteiger partial charge in [0.2, 0.25) is 0 Å². The van der Waals surface area contributed by atoms with Gasteiger partial charge in [0.1, 0.15) is 0 Å². The highest BCUT2D eigenvalue weighted by molar-refractivity contribution is 5.55. The molecule has 9 heavy (non-hydrogen) atoms. The van der Waals surface area contributed by atoms with Crippen LogP contribution >= 0.6 is 0 Å². The van der Waals surface area contributed by atoms with Crippen molar-refractivity contribution in [3.8, 4) is 0 Å². The van der Waals surface area contributed by atoms with Gasteiger partial charge in [0.15, 0.2) is 0 Å². The van der Waals surface area contributed by atoms with Crippen molar-refractivity contribution in [3.63, 3.8) is 0 Å². The molecule has 0 saturated carbocycles. The summed E-state index contributed by atoms with van der Waals surface area (Å²) in [6, 6.07) is 0. The first-order chi connectivity index (χ1) is 4.41. The first-order valence-electron chi connectivity index (χ1n) is 3.18. The smallest absolute Gasteiger partial charge is 0.0435 e. The van der Waals surface area contributed by atoms with Gasteiger partial charge >= 0.3 is 0 Å². The molecule has 0 rings (SSSR count). The third kappa shape index (κ3) is 7.21. The first kappa shape index (κ1) is 8.21. The Kier molecular flexibility index (Phi) is 6.58. The molecular weight excluding hydrogens is 114 g/mol. The molecule has 0 radical (unpaired) electrons. The van der Waals surface area contributed by atoms with Gasteiger partial charge in [-0.2, -0.15) is 0 Å². The number of oxime groups is 1. The van der Waals surface area contributed by atoms with Crippen molar-refractivity contribution in [2.75, 3.05) is 0 Å². The molecule has 0 heterocycles. The summed E-state index contributed by atoms with van der Waals surface area (Å²) in [6.45, 7) is 3.60. The Morgan fingerprint density at radius 3 is 2.56 bits per heavy atom. The number of unbranched alkanes of at least 4 members (excludes halogenated alkanes) is 3. The van der Waals surface area contributed by atoms with Crippen LogP contribution < -0.4 is 0 Å². The van der Waals surface area contributed by atoms with E-state index in [1.165, 1.54) is 6.21 Å². The maximum atomic E-state index is 7.97. The van der Waals surface area contributed by atoms with Crippen molar-refractivity contribution in [1.82, 2.24) is 0 Å². The van der Waals surface area contributed by atoms with Crippen LogP contribution in [0, 0.1) is 0 Å². The highest BCUT2D eigenvalue weighted by atomic mass is 16.4. The van der Waals surface area contributed by atoms with Gasteiger partial charge in [0.05, 0.1) is 0 Å². The average Bonchev–Trinajstić information content (AvgIpc) is 1.89. The lowest BCUT2D eigenvalue weighted by atomic mass is 10.2. The fourth-order valence-electron chi connectivity index (χ4n) is 0.582. The van der Waals surface area contributed by atoms with Gasteiger partial charge in [-0.15, -0.1) is 11.7 Å². The molecule has 0 aromatic carbocycles. The molecule has 2 nitrogen and oxygen atoms in total. The average molecular weight is 127 g/mol. The molecule has 0 aliphatic carbocycles. The Morgan fingerprint density at radius 1 is 1.33 bits per heavy atom. The topological polar surface area (TPSA) is 32.6 Å². The number of rotatable bonds is 5. The lowest BCUT2D eigenvalue weighted by Gasteiger charge is -1.89. The Hall–Kier alpha value is -0.790. The second kappa shape index (κ2) is 7.21. The van der Waals surface area contributed by atoms with Gasteiger partial charge in [-0.05, 0) is 25.7 Å². The zero-order valence-corrected chi connectivity index (χ0v) is 5.58. The number of nitrogens with zero attached hydrogens (tertiary/aromatic N) is 1. The summed E-state index contributed by atoms with van der Waals surface area (Å²) < 4.78 is 0. The molecule has 0 unspecified atom stereocenters. The Morgan fingerprint density at radius 2 is 2.00 bits per heavy atom. The van der Waals surface area contributed by atoms with Gasteiger partial charge in [0, 0.05) is 6.21 Å². The summed E-state index contributed by atoms with van der Waals surface area (Å²) >= 11 is 0. The van der Waals surface area contributed by atoms with Crippen LogP contribution in [-0.2, 0) is 0 Å². The zero-order valence-electron chi connectivity index (χ0n) is 5.58. The number of hydrogen-bond donors (Lipinski definition) is 1. The monoisotopic (exact) mass is 127 g/mol. The second-order valence-electron chi connectivity index (χ2n) is 1.87. The Bertz CT molecular complexity index is 88.9. The minimum absolute atomic E-state index is 0.865. The largest absolute Gasteiger partial charge is 0.411 e. The van der Waals surface area contributed by atoms with Crippen molar-refractivity contribution in [2.45, 2.75) is 25.7 Å². The highest BCUT2D eigenvalue weighted by Gasteiger charge is 1.81. The zero-order chi connectivity index (χ0) is 6.95. The molecule has 0 aromatic heterocycles.